The third-order valence-electron chi connectivity index (χ3n) is 6.79. The lowest BCUT2D eigenvalue weighted by molar-refractivity contribution is -0.130. The van der Waals surface area contributed by atoms with Gasteiger partial charge in [-0.3, -0.25) is 4.79 Å². The van der Waals surface area contributed by atoms with E-state index in [-0.39, 0.29) is 30.6 Å². The van der Waals surface area contributed by atoms with E-state index in [1.54, 1.807) is 39.0 Å². The van der Waals surface area contributed by atoms with Gasteiger partial charge in [-0.1, -0.05) is 33.8 Å². The summed E-state index contributed by atoms with van der Waals surface area (Å²) in [6.07, 6.45) is 1.17. The van der Waals surface area contributed by atoms with E-state index in [2.05, 4.69) is 0 Å². The summed E-state index contributed by atoms with van der Waals surface area (Å²) < 4.78 is 51.3. The number of nitrogens with two attached hydrogens (primary N) is 2. The highest BCUT2D eigenvalue weighted by molar-refractivity contribution is 7.81. The van der Waals surface area contributed by atoms with Crippen LogP contribution in [0.5, 0.6) is 11.5 Å². The molecule has 2 rings (SSSR count). The first kappa shape index (κ1) is 33.1. The Hall–Kier alpha value is -3.10. The van der Waals surface area contributed by atoms with Crippen molar-refractivity contribution in [1.82, 2.24) is 5.06 Å². The number of benzene rings is 1. The Bertz CT molecular complexity index is 1160. The van der Waals surface area contributed by atoms with Gasteiger partial charge in [0.15, 0.2) is 0 Å². The second-order valence-corrected chi connectivity index (χ2v) is 12.8. The van der Waals surface area contributed by atoms with E-state index in [1.807, 2.05) is 13.8 Å². The van der Waals surface area contributed by atoms with Crippen molar-refractivity contribution < 1.29 is 45.5 Å². The molecular weight excluding hydrogens is 546 g/mol. The largest absolute Gasteiger partial charge is 0.496 e. The van der Waals surface area contributed by atoms with Crippen LogP contribution in [-0.4, -0.2) is 64.9 Å². The molecule has 0 radical (unpaired) electrons. The maximum atomic E-state index is 12.8. The number of amides is 3. The molecule has 13 nitrogen and oxygen atoms in total. The number of carbonyl (C=O) groups excluding carboxylic acids is 3. The molecule has 1 aromatic carbocycles. The van der Waals surface area contributed by atoms with E-state index in [4.69, 9.17) is 34.1 Å². The molecule has 3 amide bonds. The Morgan fingerprint density at radius 3 is 2.00 bits per heavy atom. The molecule has 0 unspecified atom stereocenters. The van der Waals surface area contributed by atoms with E-state index in [9.17, 15) is 22.8 Å². The molecular formula is C26H41N3O10S. The summed E-state index contributed by atoms with van der Waals surface area (Å²) in [6, 6.07) is 3.09. The molecule has 14 heteroatoms. The van der Waals surface area contributed by atoms with E-state index in [0.717, 1.165) is 0 Å². The van der Waals surface area contributed by atoms with E-state index >= 15 is 0 Å². The molecule has 4 N–H and O–H groups in total. The number of primary amides is 2. The Morgan fingerprint density at radius 2 is 1.52 bits per heavy atom. The molecule has 0 bridgehead atoms. The van der Waals surface area contributed by atoms with Gasteiger partial charge in [-0.05, 0) is 55.1 Å². The zero-order chi connectivity index (χ0) is 30.5. The third-order valence-corrected chi connectivity index (χ3v) is 7.54. The topological polar surface area (TPSA) is 187 Å². The van der Waals surface area contributed by atoms with Crippen LogP contribution in [-0.2, 0) is 28.4 Å². The molecule has 0 aliphatic heterocycles. The predicted molar refractivity (Wildman–Crippen MR) is 144 cm³/mol. The molecule has 0 spiro atoms. The van der Waals surface area contributed by atoms with Crippen molar-refractivity contribution in [3.8, 4) is 11.5 Å². The highest BCUT2D eigenvalue weighted by Crippen LogP contribution is 2.39. The minimum Gasteiger partial charge on any atom is -0.496 e. The van der Waals surface area contributed by atoms with Crippen molar-refractivity contribution in [1.29, 1.82) is 0 Å². The van der Waals surface area contributed by atoms with E-state index < -0.39 is 45.2 Å². The Balaban J connectivity index is 1.97. The zero-order valence-corrected chi connectivity index (χ0v) is 24.9. The number of nitrogens with zero attached hydrogens (tertiary/aromatic N) is 1. The number of urea groups is 1. The van der Waals surface area contributed by atoms with Gasteiger partial charge in [0.2, 0.25) is 5.91 Å². The highest BCUT2D eigenvalue weighted by Gasteiger charge is 2.42. The van der Waals surface area contributed by atoms with Gasteiger partial charge in [-0.15, -0.1) is 4.28 Å². The minimum atomic E-state index is -4.66. The van der Waals surface area contributed by atoms with Gasteiger partial charge < -0.3 is 25.7 Å². The normalized spacial score (nSPS) is 18.3. The lowest BCUT2D eigenvalue weighted by Gasteiger charge is -2.40. The van der Waals surface area contributed by atoms with Crippen molar-refractivity contribution in [2.75, 3.05) is 27.4 Å². The molecule has 40 heavy (non-hydrogen) atoms. The van der Waals surface area contributed by atoms with Crippen molar-refractivity contribution in [3.63, 3.8) is 0 Å². The number of esters is 1. The maximum Gasteiger partial charge on any atom is 0.421 e. The predicted octanol–water partition coefficient (Wildman–Crippen LogP) is 2.78. The second kappa shape index (κ2) is 13.0. The van der Waals surface area contributed by atoms with Crippen LogP contribution in [0.2, 0.25) is 0 Å². The fraction of sp³-hybridized carbons (Fsp3) is 0.654. The molecule has 1 aromatic rings. The molecule has 0 aromatic heterocycles. The molecule has 1 fully saturated rings. The average molecular weight is 588 g/mol. The quantitative estimate of drug-likeness (QED) is 0.228. The monoisotopic (exact) mass is 587 g/mol. The van der Waals surface area contributed by atoms with Gasteiger partial charge in [0.25, 0.3) is 0 Å². The number of methoxy groups -OCH3 is 2. The minimum absolute atomic E-state index is 0.0143. The summed E-state index contributed by atoms with van der Waals surface area (Å²) in [5.74, 6) is -1.01. The van der Waals surface area contributed by atoms with Gasteiger partial charge >= 0.3 is 22.4 Å². The molecule has 1 saturated carbocycles. The molecule has 1 aliphatic rings. The second-order valence-electron chi connectivity index (χ2n) is 11.6. The summed E-state index contributed by atoms with van der Waals surface area (Å²) in [5.41, 5.74) is 9.48. The molecule has 226 valence electrons. The number of ether oxygens (including phenoxy) is 3. The zero-order valence-electron chi connectivity index (χ0n) is 24.1. The number of hydrogen-bond donors (Lipinski definition) is 2. The standard InChI is InChI=1S/C26H41N3O10S/c1-16(17-11-18(12-17)22(27)30)29(24(28)32)39-40(33,34)38-15-26(4,5)13-25(2,3)14-37-23(31)21-19(35-6)9-8-10-20(21)36-7/h8-10,16-18H,11-15H2,1-7H3,(H2,27,30)(H2,28,32)/t16-,17?,18?/m0/s1. The summed E-state index contributed by atoms with van der Waals surface area (Å²) in [7, 11) is -1.79. The maximum absolute atomic E-state index is 12.8. The first-order valence-corrected chi connectivity index (χ1v) is 14.1. The van der Waals surface area contributed by atoms with Crippen LogP contribution in [0.3, 0.4) is 0 Å². The molecule has 0 saturated heterocycles. The van der Waals surface area contributed by atoms with E-state index in [1.165, 1.54) is 14.2 Å². The van der Waals surface area contributed by atoms with Gasteiger partial charge in [0.1, 0.15) is 17.1 Å². The summed E-state index contributed by atoms with van der Waals surface area (Å²) in [5, 5.41) is 0.541. The Labute approximate surface area is 235 Å². The summed E-state index contributed by atoms with van der Waals surface area (Å²) >= 11 is 0. The van der Waals surface area contributed by atoms with Crippen molar-refractivity contribution in [2.45, 2.75) is 59.9 Å². The molecule has 1 atom stereocenters. The van der Waals surface area contributed by atoms with E-state index in [0.29, 0.717) is 35.8 Å². The van der Waals surface area contributed by atoms with Crippen molar-refractivity contribution in [3.05, 3.63) is 23.8 Å². The SMILES string of the molecule is COc1cccc(OC)c1C(=O)OCC(C)(C)CC(C)(C)COS(=O)(=O)ON(C(N)=O)[C@@H](C)C1CC(C(N)=O)C1. The fourth-order valence-corrected chi connectivity index (χ4v) is 5.83. The number of rotatable bonds is 15. The van der Waals surface area contributed by atoms with Crippen LogP contribution >= 0.6 is 0 Å². The fourth-order valence-electron chi connectivity index (χ4n) is 4.92. The Morgan fingerprint density at radius 1 is 1.00 bits per heavy atom. The van der Waals surface area contributed by atoms with Crippen LogP contribution in [0.15, 0.2) is 18.2 Å². The molecule has 1 aliphatic carbocycles. The van der Waals surface area contributed by atoms with Gasteiger partial charge in [0, 0.05) is 5.92 Å². The summed E-state index contributed by atoms with van der Waals surface area (Å²) in [6.45, 7) is 8.57. The van der Waals surface area contributed by atoms with Crippen molar-refractivity contribution in [2.24, 2.45) is 34.1 Å². The van der Waals surface area contributed by atoms with Crippen LogP contribution < -0.4 is 20.9 Å². The number of hydrogen-bond acceptors (Lipinski definition) is 10. The summed E-state index contributed by atoms with van der Waals surface area (Å²) in [4.78, 5) is 36.1. The number of carbonyl (C=O) groups is 3. The highest BCUT2D eigenvalue weighted by atomic mass is 32.3. The average Bonchev–Trinajstić information content (AvgIpc) is 2.82. The van der Waals surface area contributed by atoms with Crippen LogP contribution in [0.25, 0.3) is 0 Å². The third kappa shape index (κ3) is 8.96. The van der Waals surface area contributed by atoms with Gasteiger partial charge in [0.05, 0.1) is 33.5 Å². The van der Waals surface area contributed by atoms with Crippen LogP contribution in [0, 0.1) is 22.7 Å². The smallest absolute Gasteiger partial charge is 0.421 e. The van der Waals surface area contributed by atoms with Crippen LogP contribution in [0.1, 0.15) is 64.2 Å². The molecule has 0 heterocycles. The first-order chi connectivity index (χ1) is 18.4. The first-order valence-electron chi connectivity index (χ1n) is 12.8. The Kier molecular flexibility index (Phi) is 10.8. The lowest BCUT2D eigenvalue weighted by Crippen LogP contribution is -2.51. The van der Waals surface area contributed by atoms with Gasteiger partial charge in [-0.25, -0.2) is 13.8 Å². The van der Waals surface area contributed by atoms with Crippen LogP contribution in [0.4, 0.5) is 4.79 Å². The van der Waals surface area contributed by atoms with Crippen molar-refractivity contribution >= 4 is 28.3 Å². The number of hydroxylamine groups is 2. The lowest BCUT2D eigenvalue weighted by atomic mass is 9.71. The van der Waals surface area contributed by atoms with Gasteiger partial charge in [-0.2, -0.15) is 13.5 Å².